The molecule has 0 heterocycles. The van der Waals surface area contributed by atoms with E-state index in [0.29, 0.717) is 23.0 Å². The summed E-state index contributed by atoms with van der Waals surface area (Å²) >= 11 is 0. The molecular weight excluding hydrogens is 480 g/mol. The van der Waals surface area contributed by atoms with Gasteiger partial charge in [-0.3, -0.25) is 0 Å². The Hall–Kier alpha value is -3.21. The monoisotopic (exact) mass is 512 g/mol. The SMILES string of the molecule is [B]COc1ccc(-c2ccc(-c3ccc(C4=CCC(C5CCC(C=C)CC5)CC4)c(F)c3)cc2)c(F)c1F. The van der Waals surface area contributed by atoms with Crippen LogP contribution in [0.2, 0.25) is 0 Å². The van der Waals surface area contributed by atoms with Crippen LogP contribution in [0.1, 0.15) is 50.5 Å². The zero-order chi connectivity index (χ0) is 26.6. The molecule has 0 N–H and O–H groups in total. The zero-order valence-corrected chi connectivity index (χ0v) is 21.6. The molecule has 0 amide bonds. The van der Waals surface area contributed by atoms with Crippen molar-refractivity contribution >= 4 is 13.4 Å². The highest BCUT2D eigenvalue weighted by atomic mass is 19.2. The first kappa shape index (κ1) is 26.4. The third kappa shape index (κ3) is 5.48. The third-order valence-corrected chi connectivity index (χ3v) is 8.40. The van der Waals surface area contributed by atoms with Gasteiger partial charge in [0.2, 0.25) is 5.82 Å². The number of hydrogen-bond acceptors (Lipinski definition) is 1. The summed E-state index contributed by atoms with van der Waals surface area (Å²) in [4.78, 5) is 0. The topological polar surface area (TPSA) is 9.23 Å². The lowest BCUT2D eigenvalue weighted by molar-refractivity contribution is 0.212. The minimum atomic E-state index is -1.07. The lowest BCUT2D eigenvalue weighted by atomic mass is 9.71. The van der Waals surface area contributed by atoms with E-state index < -0.39 is 11.6 Å². The highest BCUT2D eigenvalue weighted by molar-refractivity contribution is 6.08. The fraction of sp³-hybridized carbons (Fsp3) is 0.333. The Morgan fingerprint density at radius 2 is 1.47 bits per heavy atom. The van der Waals surface area contributed by atoms with Gasteiger partial charge >= 0.3 is 0 Å². The molecule has 194 valence electrons. The van der Waals surface area contributed by atoms with Gasteiger partial charge in [0.15, 0.2) is 11.6 Å². The molecule has 2 aliphatic rings. The average Bonchev–Trinajstić information content (AvgIpc) is 2.96. The predicted octanol–water partition coefficient (Wildman–Crippen LogP) is 9.12. The number of hydrogen-bond donors (Lipinski definition) is 0. The van der Waals surface area contributed by atoms with Gasteiger partial charge < -0.3 is 4.74 Å². The van der Waals surface area contributed by atoms with Gasteiger partial charge in [-0.15, -0.1) is 6.58 Å². The lowest BCUT2D eigenvalue weighted by Gasteiger charge is -2.34. The minimum Gasteiger partial charge on any atom is -0.500 e. The maximum atomic E-state index is 15.2. The molecule has 3 aromatic rings. The van der Waals surface area contributed by atoms with Crippen molar-refractivity contribution in [2.75, 3.05) is 6.51 Å². The summed E-state index contributed by atoms with van der Waals surface area (Å²) in [5, 5.41) is 0. The molecule has 5 rings (SSSR count). The molecule has 2 radical (unpaired) electrons. The Morgan fingerprint density at radius 3 is 2.11 bits per heavy atom. The molecule has 0 aromatic heterocycles. The van der Waals surface area contributed by atoms with E-state index in [2.05, 4.69) is 18.7 Å². The smallest absolute Gasteiger partial charge is 0.201 e. The summed E-state index contributed by atoms with van der Waals surface area (Å²) in [7, 11) is 5.26. The molecular formula is C33H32BF3O. The van der Waals surface area contributed by atoms with E-state index in [4.69, 9.17) is 12.6 Å². The van der Waals surface area contributed by atoms with Crippen LogP contribution in [0.3, 0.4) is 0 Å². The first-order valence-corrected chi connectivity index (χ1v) is 13.5. The lowest BCUT2D eigenvalue weighted by Crippen LogP contribution is -2.22. The van der Waals surface area contributed by atoms with Gasteiger partial charge in [-0.2, -0.15) is 4.39 Å². The van der Waals surface area contributed by atoms with Crippen molar-refractivity contribution < 1.29 is 17.9 Å². The highest BCUT2D eigenvalue weighted by Crippen LogP contribution is 2.42. The quantitative estimate of drug-likeness (QED) is 0.227. The Labute approximate surface area is 224 Å². The van der Waals surface area contributed by atoms with Crippen molar-refractivity contribution in [2.24, 2.45) is 17.8 Å². The second-order valence-electron chi connectivity index (χ2n) is 10.5. The maximum absolute atomic E-state index is 15.2. The van der Waals surface area contributed by atoms with Gasteiger partial charge in [0.05, 0.1) is 0 Å². The predicted molar refractivity (Wildman–Crippen MR) is 149 cm³/mol. The summed E-state index contributed by atoms with van der Waals surface area (Å²) in [6.07, 6.45) is 12.5. The van der Waals surface area contributed by atoms with Gasteiger partial charge in [-0.1, -0.05) is 48.6 Å². The van der Waals surface area contributed by atoms with Crippen LogP contribution in [-0.2, 0) is 0 Å². The number of ether oxygens (including phenoxy) is 1. The van der Waals surface area contributed by atoms with E-state index in [9.17, 15) is 8.78 Å². The molecule has 0 saturated heterocycles. The molecule has 1 unspecified atom stereocenters. The molecule has 0 aliphatic heterocycles. The maximum Gasteiger partial charge on any atom is 0.201 e. The van der Waals surface area contributed by atoms with E-state index in [-0.39, 0.29) is 23.6 Å². The van der Waals surface area contributed by atoms with Crippen LogP contribution in [0.5, 0.6) is 5.75 Å². The number of allylic oxidation sites excluding steroid dienone is 3. The largest absolute Gasteiger partial charge is 0.500 e. The minimum absolute atomic E-state index is 0.122. The van der Waals surface area contributed by atoms with Crippen molar-refractivity contribution in [3.8, 4) is 28.0 Å². The number of halogens is 3. The molecule has 2 aliphatic carbocycles. The van der Waals surface area contributed by atoms with E-state index >= 15 is 4.39 Å². The number of rotatable bonds is 7. The van der Waals surface area contributed by atoms with Crippen molar-refractivity contribution in [2.45, 2.75) is 44.9 Å². The average molecular weight is 512 g/mol. The Bertz CT molecular complexity index is 1320. The second-order valence-corrected chi connectivity index (χ2v) is 10.5. The van der Waals surface area contributed by atoms with E-state index in [1.807, 2.05) is 12.1 Å². The van der Waals surface area contributed by atoms with E-state index in [1.165, 1.54) is 37.8 Å². The molecule has 1 nitrogen and oxygen atoms in total. The van der Waals surface area contributed by atoms with Crippen LogP contribution in [0.4, 0.5) is 13.2 Å². The van der Waals surface area contributed by atoms with Crippen LogP contribution >= 0.6 is 0 Å². The summed E-state index contributed by atoms with van der Waals surface area (Å²) in [6.45, 7) is 3.71. The Balaban J connectivity index is 1.28. The summed E-state index contributed by atoms with van der Waals surface area (Å²) < 4.78 is 49.0. The van der Waals surface area contributed by atoms with Gasteiger partial charge in [-0.25, -0.2) is 8.78 Å². The fourth-order valence-corrected chi connectivity index (χ4v) is 6.13. The molecule has 5 heteroatoms. The van der Waals surface area contributed by atoms with Crippen LogP contribution in [0, 0.1) is 35.2 Å². The Morgan fingerprint density at radius 1 is 0.789 bits per heavy atom. The zero-order valence-electron chi connectivity index (χ0n) is 21.6. The van der Waals surface area contributed by atoms with Crippen molar-refractivity contribution in [3.05, 3.63) is 96.3 Å². The molecule has 1 saturated carbocycles. The first-order valence-electron chi connectivity index (χ1n) is 13.5. The first-order chi connectivity index (χ1) is 18.5. The standard InChI is InChI=1S/C33H32BF3O/c1-2-21-3-5-22(6-4-21)23-7-11-25(12-8-23)28-16-15-27(19-30(28)35)24-9-13-26(14-10-24)29-17-18-31(38-20-34)33(37)32(29)36/h2,9-11,13-19,21-23H,1,3-8,12,20H2. The molecule has 0 bridgehead atoms. The van der Waals surface area contributed by atoms with Crippen LogP contribution in [0.25, 0.3) is 27.8 Å². The molecule has 0 spiro atoms. The van der Waals surface area contributed by atoms with Gasteiger partial charge in [-0.05, 0) is 103 Å². The van der Waals surface area contributed by atoms with Gasteiger partial charge in [0, 0.05) is 17.6 Å². The van der Waals surface area contributed by atoms with Crippen LogP contribution in [0.15, 0.2) is 73.3 Å². The Kier molecular flexibility index (Phi) is 8.11. The second kappa shape index (κ2) is 11.7. The third-order valence-electron chi connectivity index (χ3n) is 8.40. The van der Waals surface area contributed by atoms with Crippen LogP contribution < -0.4 is 4.74 Å². The van der Waals surface area contributed by atoms with Crippen LogP contribution in [-0.4, -0.2) is 14.4 Å². The van der Waals surface area contributed by atoms with Crippen molar-refractivity contribution in [1.29, 1.82) is 0 Å². The summed E-state index contributed by atoms with van der Waals surface area (Å²) in [6, 6.07) is 15.2. The van der Waals surface area contributed by atoms with Gasteiger partial charge in [0.1, 0.15) is 13.7 Å². The van der Waals surface area contributed by atoms with Gasteiger partial charge in [0.25, 0.3) is 0 Å². The molecule has 38 heavy (non-hydrogen) atoms. The fourth-order valence-electron chi connectivity index (χ4n) is 6.13. The number of benzene rings is 3. The van der Waals surface area contributed by atoms with Crippen molar-refractivity contribution in [3.63, 3.8) is 0 Å². The highest BCUT2D eigenvalue weighted by Gasteiger charge is 2.28. The van der Waals surface area contributed by atoms with E-state index in [1.54, 1.807) is 30.3 Å². The van der Waals surface area contributed by atoms with Crippen molar-refractivity contribution in [1.82, 2.24) is 0 Å². The molecule has 3 aromatic carbocycles. The normalized spacial score (nSPS) is 21.6. The molecule has 1 atom stereocenters. The van der Waals surface area contributed by atoms with E-state index in [0.717, 1.165) is 41.9 Å². The summed E-state index contributed by atoms with van der Waals surface area (Å²) in [5.41, 5.74) is 3.95. The molecule has 1 fully saturated rings. The summed E-state index contributed by atoms with van der Waals surface area (Å²) in [5.74, 6) is -0.359.